The molecule has 0 spiro atoms. The van der Waals surface area contributed by atoms with Gasteiger partial charge in [0.05, 0.1) is 15.6 Å². The van der Waals surface area contributed by atoms with Gasteiger partial charge in [0.15, 0.2) is 0 Å². The Morgan fingerprint density at radius 3 is 2.45 bits per heavy atom. The van der Waals surface area contributed by atoms with Gasteiger partial charge >= 0.3 is 0 Å². The number of hydrogen-bond acceptors (Lipinski definition) is 5. The summed E-state index contributed by atoms with van der Waals surface area (Å²) in [6.07, 6.45) is 4.15. The molecule has 2 amide bonds. The fourth-order valence-electron chi connectivity index (χ4n) is 3.54. The number of piperazine rings is 1. The molecule has 0 saturated carbocycles. The highest BCUT2D eigenvalue weighted by Crippen LogP contribution is 2.30. The van der Waals surface area contributed by atoms with Gasteiger partial charge in [0.25, 0.3) is 5.69 Å². The fraction of sp³-hybridized carbons (Fsp3) is 0.304. The highest BCUT2D eigenvalue weighted by molar-refractivity contribution is 6.33. The minimum Gasteiger partial charge on any atom is -0.367 e. The molecule has 0 bridgehead atoms. The van der Waals surface area contributed by atoms with Crippen molar-refractivity contribution in [2.24, 2.45) is 0 Å². The van der Waals surface area contributed by atoms with E-state index in [1.165, 1.54) is 24.3 Å². The van der Waals surface area contributed by atoms with E-state index in [1.54, 1.807) is 18.2 Å². The maximum atomic E-state index is 12.3. The number of benzene rings is 2. The number of nitro groups is 1. The Balaban J connectivity index is 1.60. The van der Waals surface area contributed by atoms with E-state index in [4.69, 9.17) is 23.2 Å². The monoisotopic (exact) mass is 490 g/mol. The number of carbonyl (C=O) groups is 2. The summed E-state index contributed by atoms with van der Waals surface area (Å²) in [6.45, 7) is 4.68. The lowest BCUT2D eigenvalue weighted by Gasteiger charge is -2.36. The standard InChI is InChI=1S/C23H24Cl2N4O4/c1-2-3-23(31)28-12-10-27(11-13-28)20-8-6-17(15-19(20)25)26-22(30)9-5-16-4-7-18(24)21(14-16)29(32)33/h4-9,14-15H,2-3,10-13H2,1H3,(H,26,30)/b9-5+. The van der Waals surface area contributed by atoms with Crippen LogP contribution in [0, 0.1) is 10.1 Å². The summed E-state index contributed by atoms with van der Waals surface area (Å²) in [6, 6.07) is 9.57. The Labute approximate surface area is 201 Å². The van der Waals surface area contributed by atoms with E-state index < -0.39 is 10.8 Å². The maximum absolute atomic E-state index is 12.3. The van der Waals surface area contributed by atoms with Gasteiger partial charge in [-0.2, -0.15) is 0 Å². The van der Waals surface area contributed by atoms with Crippen LogP contribution in [0.2, 0.25) is 10.0 Å². The molecule has 3 rings (SSSR count). The second kappa shape index (κ2) is 11.2. The van der Waals surface area contributed by atoms with Crippen molar-refractivity contribution in [3.8, 4) is 0 Å². The van der Waals surface area contributed by atoms with E-state index in [-0.39, 0.29) is 16.6 Å². The number of anilines is 2. The largest absolute Gasteiger partial charge is 0.367 e. The molecular weight excluding hydrogens is 467 g/mol. The Hall–Kier alpha value is -3.10. The number of halogens is 2. The molecule has 174 valence electrons. The zero-order chi connectivity index (χ0) is 24.0. The van der Waals surface area contributed by atoms with Gasteiger partial charge in [-0.15, -0.1) is 0 Å². The van der Waals surface area contributed by atoms with Gasteiger partial charge in [0.1, 0.15) is 5.02 Å². The van der Waals surface area contributed by atoms with Crippen molar-refractivity contribution in [2.75, 3.05) is 36.4 Å². The van der Waals surface area contributed by atoms with Crippen molar-refractivity contribution in [1.29, 1.82) is 0 Å². The highest BCUT2D eigenvalue weighted by atomic mass is 35.5. The number of nitro benzene ring substituents is 1. The van der Waals surface area contributed by atoms with Crippen LogP contribution in [0.5, 0.6) is 0 Å². The SMILES string of the molecule is CCCC(=O)N1CCN(c2ccc(NC(=O)/C=C/c3ccc(Cl)c([N+](=O)[O-])c3)cc2Cl)CC1. The first kappa shape index (κ1) is 24.5. The topological polar surface area (TPSA) is 95.8 Å². The fourth-order valence-corrected chi connectivity index (χ4v) is 4.03. The van der Waals surface area contributed by atoms with Gasteiger partial charge < -0.3 is 15.1 Å². The summed E-state index contributed by atoms with van der Waals surface area (Å²) in [4.78, 5) is 38.7. The summed E-state index contributed by atoms with van der Waals surface area (Å²) in [5, 5.41) is 14.2. The van der Waals surface area contributed by atoms with Gasteiger partial charge in [0, 0.05) is 50.4 Å². The normalized spacial score (nSPS) is 13.9. The predicted octanol–water partition coefficient (Wildman–Crippen LogP) is 5.00. The molecule has 8 nitrogen and oxygen atoms in total. The van der Waals surface area contributed by atoms with Gasteiger partial charge in [0.2, 0.25) is 11.8 Å². The molecule has 1 aliphatic rings. The summed E-state index contributed by atoms with van der Waals surface area (Å²) in [5.74, 6) is -0.220. The first-order valence-corrected chi connectivity index (χ1v) is 11.3. The minimum absolute atomic E-state index is 0.0327. The highest BCUT2D eigenvalue weighted by Gasteiger charge is 2.22. The van der Waals surface area contributed by atoms with E-state index in [0.717, 1.165) is 12.1 Å². The Kier molecular flexibility index (Phi) is 8.30. The van der Waals surface area contributed by atoms with E-state index in [2.05, 4.69) is 10.2 Å². The first-order chi connectivity index (χ1) is 15.8. The predicted molar refractivity (Wildman–Crippen MR) is 131 cm³/mol. The van der Waals surface area contributed by atoms with E-state index in [1.807, 2.05) is 17.9 Å². The maximum Gasteiger partial charge on any atom is 0.288 e. The van der Waals surface area contributed by atoms with Crippen molar-refractivity contribution in [1.82, 2.24) is 4.90 Å². The van der Waals surface area contributed by atoms with E-state index >= 15 is 0 Å². The second-order valence-corrected chi connectivity index (χ2v) is 8.39. The Morgan fingerprint density at radius 1 is 1.09 bits per heavy atom. The zero-order valence-corrected chi connectivity index (χ0v) is 19.6. The van der Waals surface area contributed by atoms with Crippen LogP contribution >= 0.6 is 23.2 Å². The van der Waals surface area contributed by atoms with E-state index in [0.29, 0.717) is 48.9 Å². The number of hydrogen-bond donors (Lipinski definition) is 1. The van der Waals surface area contributed by atoms with Crippen molar-refractivity contribution in [3.05, 3.63) is 68.2 Å². The molecule has 0 radical (unpaired) electrons. The minimum atomic E-state index is -0.577. The summed E-state index contributed by atoms with van der Waals surface area (Å²) in [7, 11) is 0. The number of carbonyl (C=O) groups excluding carboxylic acids is 2. The molecule has 1 saturated heterocycles. The Bertz CT molecular complexity index is 1080. The molecule has 0 aromatic heterocycles. The lowest BCUT2D eigenvalue weighted by molar-refractivity contribution is -0.384. The van der Waals surface area contributed by atoms with Crippen molar-refractivity contribution in [3.63, 3.8) is 0 Å². The average Bonchev–Trinajstić information content (AvgIpc) is 2.79. The van der Waals surface area contributed by atoms with Gasteiger partial charge in [-0.25, -0.2) is 0 Å². The molecule has 0 unspecified atom stereocenters. The third-order valence-corrected chi connectivity index (χ3v) is 5.87. The van der Waals surface area contributed by atoms with Crippen LogP contribution in [0.25, 0.3) is 6.08 Å². The third kappa shape index (κ3) is 6.46. The molecule has 2 aromatic carbocycles. The van der Waals surface area contributed by atoms with Crippen LogP contribution in [0.4, 0.5) is 17.1 Å². The molecular formula is C23H24Cl2N4O4. The molecule has 2 aromatic rings. The quantitative estimate of drug-likeness (QED) is 0.334. The molecule has 1 N–H and O–H groups in total. The van der Waals surface area contributed by atoms with Crippen LogP contribution in [-0.2, 0) is 9.59 Å². The second-order valence-electron chi connectivity index (χ2n) is 7.57. The summed E-state index contributed by atoms with van der Waals surface area (Å²) < 4.78 is 0. The van der Waals surface area contributed by atoms with Gasteiger partial charge in [-0.1, -0.05) is 36.2 Å². The molecule has 1 heterocycles. The average molecular weight is 491 g/mol. The molecule has 10 heteroatoms. The van der Waals surface area contributed by atoms with Crippen molar-refractivity contribution < 1.29 is 14.5 Å². The molecule has 0 atom stereocenters. The molecule has 0 aliphatic carbocycles. The van der Waals surface area contributed by atoms with E-state index in [9.17, 15) is 19.7 Å². The lowest BCUT2D eigenvalue weighted by Crippen LogP contribution is -2.48. The van der Waals surface area contributed by atoms with Crippen LogP contribution in [0.1, 0.15) is 25.3 Å². The van der Waals surface area contributed by atoms with Crippen LogP contribution in [0.15, 0.2) is 42.5 Å². The number of nitrogens with one attached hydrogen (secondary N) is 1. The van der Waals surface area contributed by atoms with Crippen LogP contribution < -0.4 is 10.2 Å². The number of rotatable bonds is 7. The van der Waals surface area contributed by atoms with Gasteiger partial charge in [-0.3, -0.25) is 19.7 Å². The molecule has 1 fully saturated rings. The number of nitrogens with zero attached hydrogens (tertiary/aromatic N) is 3. The summed E-state index contributed by atoms with van der Waals surface area (Å²) in [5.41, 5.74) is 1.63. The molecule has 1 aliphatic heterocycles. The van der Waals surface area contributed by atoms with Gasteiger partial charge in [-0.05, 0) is 42.3 Å². The van der Waals surface area contributed by atoms with Crippen molar-refractivity contribution in [2.45, 2.75) is 19.8 Å². The van der Waals surface area contributed by atoms with Crippen LogP contribution in [0.3, 0.4) is 0 Å². The number of amides is 2. The first-order valence-electron chi connectivity index (χ1n) is 10.5. The van der Waals surface area contributed by atoms with Crippen molar-refractivity contribution >= 4 is 58.2 Å². The Morgan fingerprint density at radius 2 is 1.82 bits per heavy atom. The van der Waals surface area contributed by atoms with Crippen LogP contribution in [-0.4, -0.2) is 47.8 Å². The lowest BCUT2D eigenvalue weighted by atomic mass is 10.2. The smallest absolute Gasteiger partial charge is 0.288 e. The summed E-state index contributed by atoms with van der Waals surface area (Å²) >= 11 is 12.3. The third-order valence-electron chi connectivity index (χ3n) is 5.25. The molecule has 33 heavy (non-hydrogen) atoms. The zero-order valence-electron chi connectivity index (χ0n) is 18.1.